The molecule has 0 aromatic heterocycles. The van der Waals surface area contributed by atoms with Crippen LogP contribution in [0.2, 0.25) is 0 Å². The summed E-state index contributed by atoms with van der Waals surface area (Å²) in [5, 5.41) is 0. The lowest BCUT2D eigenvalue weighted by Gasteiger charge is -2.32. The molecule has 1 aliphatic heterocycles. The fourth-order valence-corrected chi connectivity index (χ4v) is 3.37. The van der Waals surface area contributed by atoms with Crippen molar-refractivity contribution in [1.29, 1.82) is 0 Å². The number of hydrogen-bond donors (Lipinski definition) is 0. The van der Waals surface area contributed by atoms with E-state index in [1.54, 1.807) is 0 Å². The number of carbonyl (C=O) groups is 1. The Morgan fingerprint density at radius 2 is 1.46 bits per heavy atom. The lowest BCUT2D eigenvalue weighted by Crippen LogP contribution is -2.40. The van der Waals surface area contributed by atoms with Gasteiger partial charge in [-0.2, -0.15) is 0 Å². The molecule has 1 fully saturated rings. The molecule has 3 nitrogen and oxygen atoms in total. The molecular weight excluding hydrogens is 322 g/mol. The van der Waals surface area contributed by atoms with E-state index in [1.165, 1.54) is 0 Å². The standard InChI is InChI=1S/C20H22ClNO2/c1-22-14-12-18(13-15-22)24-19(23)20(21,16-8-4-2-5-9-16)17-10-6-3-7-11-17/h2-11,18H,12-15H2,1H3. The third-order valence-electron chi connectivity index (χ3n) is 4.56. The maximum absolute atomic E-state index is 13.0. The average molecular weight is 344 g/mol. The van der Waals surface area contributed by atoms with Crippen LogP contribution in [-0.4, -0.2) is 37.1 Å². The lowest BCUT2D eigenvalue weighted by atomic mass is 9.90. The molecule has 126 valence electrons. The van der Waals surface area contributed by atoms with E-state index in [0.29, 0.717) is 0 Å². The maximum atomic E-state index is 13.0. The van der Waals surface area contributed by atoms with Crippen LogP contribution in [0.5, 0.6) is 0 Å². The number of esters is 1. The number of piperidine rings is 1. The van der Waals surface area contributed by atoms with Gasteiger partial charge in [-0.25, -0.2) is 4.79 Å². The first kappa shape index (κ1) is 17.0. The summed E-state index contributed by atoms with van der Waals surface area (Å²) in [6.45, 7) is 1.87. The van der Waals surface area contributed by atoms with Crippen LogP contribution in [0.15, 0.2) is 60.7 Å². The normalized spacial score (nSPS) is 16.8. The first-order valence-corrected chi connectivity index (χ1v) is 8.68. The molecule has 24 heavy (non-hydrogen) atoms. The molecule has 0 aliphatic carbocycles. The number of benzene rings is 2. The van der Waals surface area contributed by atoms with E-state index in [1.807, 2.05) is 60.7 Å². The smallest absolute Gasteiger partial charge is 0.336 e. The van der Waals surface area contributed by atoms with Crippen LogP contribution in [0.1, 0.15) is 24.0 Å². The van der Waals surface area contributed by atoms with E-state index in [-0.39, 0.29) is 6.10 Å². The summed E-state index contributed by atoms with van der Waals surface area (Å²) in [5.74, 6) is -0.392. The maximum Gasteiger partial charge on any atom is 0.336 e. The fourth-order valence-electron chi connectivity index (χ4n) is 3.07. The summed E-state index contributed by atoms with van der Waals surface area (Å²) >= 11 is 6.90. The van der Waals surface area contributed by atoms with Gasteiger partial charge in [0.05, 0.1) is 0 Å². The monoisotopic (exact) mass is 343 g/mol. The minimum Gasteiger partial charge on any atom is -0.460 e. The number of likely N-dealkylation sites (tertiary alicyclic amines) is 1. The van der Waals surface area contributed by atoms with Gasteiger partial charge in [-0.05, 0) is 31.0 Å². The molecule has 0 unspecified atom stereocenters. The zero-order valence-electron chi connectivity index (χ0n) is 13.8. The van der Waals surface area contributed by atoms with Gasteiger partial charge in [0.25, 0.3) is 0 Å². The Bertz CT molecular complexity index is 627. The van der Waals surface area contributed by atoms with Gasteiger partial charge in [-0.3, -0.25) is 0 Å². The van der Waals surface area contributed by atoms with Gasteiger partial charge in [0.15, 0.2) is 4.87 Å². The minimum absolute atomic E-state index is 0.0701. The van der Waals surface area contributed by atoms with E-state index in [0.717, 1.165) is 37.1 Å². The first-order chi connectivity index (χ1) is 11.6. The third-order valence-corrected chi connectivity index (χ3v) is 5.15. The van der Waals surface area contributed by atoms with E-state index >= 15 is 0 Å². The Morgan fingerprint density at radius 3 is 1.92 bits per heavy atom. The molecule has 2 aromatic carbocycles. The molecule has 4 heteroatoms. The van der Waals surface area contributed by atoms with E-state index in [4.69, 9.17) is 16.3 Å². The summed E-state index contributed by atoms with van der Waals surface area (Å²) in [6, 6.07) is 18.9. The quantitative estimate of drug-likeness (QED) is 0.624. The zero-order valence-corrected chi connectivity index (χ0v) is 14.6. The molecule has 0 N–H and O–H groups in total. The topological polar surface area (TPSA) is 29.5 Å². The number of carbonyl (C=O) groups excluding carboxylic acids is 1. The molecule has 3 rings (SSSR count). The van der Waals surface area contributed by atoms with Crippen molar-refractivity contribution in [1.82, 2.24) is 4.90 Å². The van der Waals surface area contributed by atoms with Crippen molar-refractivity contribution in [2.75, 3.05) is 20.1 Å². The van der Waals surface area contributed by atoms with Crippen LogP contribution in [0, 0.1) is 0 Å². The van der Waals surface area contributed by atoms with Crippen molar-refractivity contribution < 1.29 is 9.53 Å². The number of hydrogen-bond acceptors (Lipinski definition) is 3. The molecule has 0 atom stereocenters. The fraction of sp³-hybridized carbons (Fsp3) is 0.350. The summed E-state index contributed by atoms with van der Waals surface area (Å²) in [6.07, 6.45) is 1.62. The second-order valence-corrected chi connectivity index (χ2v) is 6.87. The molecule has 0 spiro atoms. The second-order valence-electron chi connectivity index (χ2n) is 6.30. The minimum atomic E-state index is -1.31. The number of ether oxygens (including phenoxy) is 1. The average Bonchev–Trinajstić information content (AvgIpc) is 2.64. The molecule has 1 saturated heterocycles. The summed E-state index contributed by atoms with van der Waals surface area (Å²) in [7, 11) is 2.08. The third kappa shape index (κ3) is 3.47. The van der Waals surface area contributed by atoms with Gasteiger partial charge in [0.2, 0.25) is 0 Å². The van der Waals surface area contributed by atoms with Crippen LogP contribution >= 0.6 is 11.6 Å². The van der Waals surface area contributed by atoms with E-state index in [2.05, 4.69) is 11.9 Å². The van der Waals surface area contributed by atoms with Crippen LogP contribution in [0.25, 0.3) is 0 Å². The van der Waals surface area contributed by atoms with Crippen molar-refractivity contribution in [3.8, 4) is 0 Å². The SMILES string of the molecule is CN1CCC(OC(=O)C(Cl)(c2ccccc2)c2ccccc2)CC1. The number of rotatable bonds is 4. The molecule has 0 saturated carbocycles. The highest BCUT2D eigenvalue weighted by Crippen LogP contribution is 2.38. The van der Waals surface area contributed by atoms with Gasteiger partial charge in [-0.1, -0.05) is 72.3 Å². The van der Waals surface area contributed by atoms with Crippen LogP contribution in [-0.2, 0) is 14.4 Å². The summed E-state index contributed by atoms with van der Waals surface area (Å²) in [5.41, 5.74) is 1.46. The van der Waals surface area contributed by atoms with Crippen molar-refractivity contribution in [2.45, 2.75) is 23.8 Å². The molecular formula is C20H22ClNO2. The zero-order chi connectivity index (χ0) is 17.0. The highest BCUT2D eigenvalue weighted by molar-refractivity contribution is 6.36. The van der Waals surface area contributed by atoms with E-state index in [9.17, 15) is 4.79 Å². The van der Waals surface area contributed by atoms with E-state index < -0.39 is 10.8 Å². The highest BCUT2D eigenvalue weighted by Gasteiger charge is 2.43. The van der Waals surface area contributed by atoms with Crippen LogP contribution in [0.4, 0.5) is 0 Å². The number of nitrogens with zero attached hydrogens (tertiary/aromatic N) is 1. The lowest BCUT2D eigenvalue weighted by molar-refractivity contribution is -0.153. The second kappa shape index (κ2) is 7.37. The first-order valence-electron chi connectivity index (χ1n) is 8.30. The molecule has 0 bridgehead atoms. The molecule has 0 amide bonds. The highest BCUT2D eigenvalue weighted by atomic mass is 35.5. The van der Waals surface area contributed by atoms with Gasteiger partial charge in [-0.15, -0.1) is 0 Å². The van der Waals surface area contributed by atoms with Gasteiger partial charge < -0.3 is 9.64 Å². The Morgan fingerprint density at radius 1 is 1.00 bits per heavy atom. The van der Waals surface area contributed by atoms with Crippen molar-refractivity contribution in [3.63, 3.8) is 0 Å². The van der Waals surface area contributed by atoms with Gasteiger partial charge in [0, 0.05) is 13.1 Å². The Balaban J connectivity index is 1.89. The predicted octanol–water partition coefficient (Wildman–Crippen LogP) is 3.81. The largest absolute Gasteiger partial charge is 0.460 e. The number of halogens is 1. The van der Waals surface area contributed by atoms with Crippen molar-refractivity contribution >= 4 is 17.6 Å². The van der Waals surface area contributed by atoms with Crippen molar-refractivity contribution in [2.24, 2.45) is 0 Å². The van der Waals surface area contributed by atoms with Crippen LogP contribution < -0.4 is 0 Å². The molecule has 1 heterocycles. The summed E-state index contributed by atoms with van der Waals surface area (Å²) in [4.78, 5) is 14.0. The molecule has 0 radical (unpaired) electrons. The predicted molar refractivity (Wildman–Crippen MR) is 96.1 cm³/mol. The number of alkyl halides is 1. The van der Waals surface area contributed by atoms with Gasteiger partial charge in [0.1, 0.15) is 6.10 Å². The van der Waals surface area contributed by atoms with Crippen molar-refractivity contribution in [3.05, 3.63) is 71.8 Å². The Labute approximate surface area is 148 Å². The Hall–Kier alpha value is -1.84. The molecule has 2 aromatic rings. The molecule has 1 aliphatic rings. The Kier molecular flexibility index (Phi) is 5.22. The summed E-state index contributed by atoms with van der Waals surface area (Å²) < 4.78 is 5.82. The van der Waals surface area contributed by atoms with Crippen LogP contribution in [0.3, 0.4) is 0 Å². The van der Waals surface area contributed by atoms with Gasteiger partial charge >= 0.3 is 5.97 Å².